The van der Waals surface area contributed by atoms with Crippen LogP contribution < -0.4 is 4.74 Å². The van der Waals surface area contributed by atoms with Gasteiger partial charge in [0, 0.05) is 5.56 Å². The minimum atomic E-state index is 0.0393. The smallest absolute Gasteiger partial charge is 0.206 e. The minimum Gasteiger partial charge on any atom is -0.495 e. The molecule has 0 saturated carbocycles. The van der Waals surface area contributed by atoms with Crippen molar-refractivity contribution in [2.24, 2.45) is 5.92 Å². The molecule has 100 valence electrons. The fraction of sp³-hybridized carbons (Fsp3) is 0.312. The Morgan fingerprint density at radius 1 is 1.32 bits per heavy atom. The van der Waals surface area contributed by atoms with Crippen LogP contribution in [0.15, 0.2) is 35.7 Å². The average molecular weight is 274 g/mol. The van der Waals surface area contributed by atoms with Crippen molar-refractivity contribution in [3.05, 3.63) is 51.7 Å². The topological polar surface area (TPSA) is 26.3 Å². The van der Waals surface area contributed by atoms with E-state index in [9.17, 15) is 4.79 Å². The van der Waals surface area contributed by atoms with Gasteiger partial charge in [0.2, 0.25) is 5.78 Å². The summed E-state index contributed by atoms with van der Waals surface area (Å²) in [4.78, 5) is 13.1. The van der Waals surface area contributed by atoms with E-state index in [0.717, 1.165) is 12.0 Å². The first-order valence-corrected chi connectivity index (χ1v) is 7.25. The second-order valence-electron chi connectivity index (χ2n) is 4.95. The lowest BCUT2D eigenvalue weighted by atomic mass is 9.99. The van der Waals surface area contributed by atoms with Crippen molar-refractivity contribution in [1.29, 1.82) is 0 Å². The van der Waals surface area contributed by atoms with Crippen LogP contribution in [-0.4, -0.2) is 12.9 Å². The Hall–Kier alpha value is -1.61. The third-order valence-corrected chi connectivity index (χ3v) is 3.78. The lowest BCUT2D eigenvalue weighted by Gasteiger charge is -2.07. The number of rotatable bonds is 5. The van der Waals surface area contributed by atoms with Crippen LogP contribution in [0.5, 0.6) is 5.75 Å². The summed E-state index contributed by atoms with van der Waals surface area (Å²) in [6.45, 7) is 4.35. The van der Waals surface area contributed by atoms with Gasteiger partial charge in [-0.2, -0.15) is 0 Å². The van der Waals surface area contributed by atoms with Crippen LogP contribution in [0.3, 0.4) is 0 Å². The molecule has 1 aromatic heterocycles. The highest BCUT2D eigenvalue weighted by Gasteiger charge is 2.16. The third kappa shape index (κ3) is 3.24. The Labute approximate surface area is 118 Å². The monoisotopic (exact) mass is 274 g/mol. The van der Waals surface area contributed by atoms with Crippen LogP contribution in [-0.2, 0) is 6.42 Å². The van der Waals surface area contributed by atoms with E-state index in [0.29, 0.717) is 16.5 Å². The predicted octanol–water partition coefficient (Wildman–Crippen LogP) is 4.19. The molecule has 0 bridgehead atoms. The van der Waals surface area contributed by atoms with E-state index in [1.54, 1.807) is 7.11 Å². The normalized spacial score (nSPS) is 10.7. The van der Waals surface area contributed by atoms with Gasteiger partial charge in [0.15, 0.2) is 0 Å². The Bertz CT molecular complexity index is 570. The van der Waals surface area contributed by atoms with Crippen molar-refractivity contribution >= 4 is 17.1 Å². The van der Waals surface area contributed by atoms with E-state index in [4.69, 9.17) is 4.74 Å². The zero-order valence-corrected chi connectivity index (χ0v) is 12.3. The molecule has 0 unspecified atom stereocenters. The van der Waals surface area contributed by atoms with E-state index in [2.05, 4.69) is 19.9 Å². The van der Waals surface area contributed by atoms with Gasteiger partial charge < -0.3 is 4.74 Å². The molecule has 0 fully saturated rings. The number of methoxy groups -OCH3 is 1. The van der Waals surface area contributed by atoms with Crippen molar-refractivity contribution in [1.82, 2.24) is 0 Å². The second kappa shape index (κ2) is 6.02. The number of carbonyl (C=O) groups is 1. The minimum absolute atomic E-state index is 0.0393. The van der Waals surface area contributed by atoms with Crippen LogP contribution in [0.2, 0.25) is 0 Å². The first-order valence-electron chi connectivity index (χ1n) is 6.37. The molecule has 0 amide bonds. The molecule has 2 aromatic rings. The van der Waals surface area contributed by atoms with Gasteiger partial charge in [-0.3, -0.25) is 4.79 Å². The largest absolute Gasteiger partial charge is 0.495 e. The summed E-state index contributed by atoms with van der Waals surface area (Å²) in [6, 6.07) is 9.70. The molecule has 0 spiro atoms. The van der Waals surface area contributed by atoms with Gasteiger partial charge in [-0.1, -0.05) is 32.0 Å². The van der Waals surface area contributed by atoms with Gasteiger partial charge >= 0.3 is 0 Å². The summed E-state index contributed by atoms with van der Waals surface area (Å²) in [6.07, 6.45) is 0.989. The summed E-state index contributed by atoms with van der Waals surface area (Å²) in [5, 5.41) is 1.88. The first kappa shape index (κ1) is 13.8. The summed E-state index contributed by atoms with van der Waals surface area (Å²) >= 11 is 1.42. The van der Waals surface area contributed by atoms with Crippen LogP contribution >= 0.6 is 11.3 Å². The lowest BCUT2D eigenvalue weighted by Crippen LogP contribution is -2.02. The Kier molecular flexibility index (Phi) is 4.38. The predicted molar refractivity (Wildman–Crippen MR) is 79.3 cm³/mol. The number of hydrogen-bond donors (Lipinski definition) is 0. The van der Waals surface area contributed by atoms with Crippen LogP contribution in [0.25, 0.3) is 0 Å². The van der Waals surface area contributed by atoms with E-state index in [1.165, 1.54) is 16.9 Å². The van der Waals surface area contributed by atoms with Crippen molar-refractivity contribution in [3.8, 4) is 5.75 Å². The standard InChI is InChI=1S/C16H18O2S/c1-11(2)9-12-5-4-6-13(10-12)15(17)16-14(18-3)7-8-19-16/h4-8,10-11H,9H2,1-3H3. The van der Waals surface area contributed by atoms with E-state index in [-0.39, 0.29) is 5.78 Å². The molecule has 3 heteroatoms. The molecule has 0 N–H and O–H groups in total. The summed E-state index contributed by atoms with van der Waals surface area (Å²) in [7, 11) is 1.59. The number of carbonyl (C=O) groups excluding carboxylic acids is 1. The van der Waals surface area contributed by atoms with Gasteiger partial charge in [0.25, 0.3) is 0 Å². The van der Waals surface area contributed by atoms with E-state index >= 15 is 0 Å². The van der Waals surface area contributed by atoms with Crippen LogP contribution in [0, 0.1) is 5.92 Å². The van der Waals surface area contributed by atoms with Gasteiger partial charge in [0.05, 0.1) is 7.11 Å². The summed E-state index contributed by atoms with van der Waals surface area (Å²) in [5.74, 6) is 1.28. The zero-order chi connectivity index (χ0) is 13.8. The number of thiophene rings is 1. The maximum atomic E-state index is 12.5. The molecule has 19 heavy (non-hydrogen) atoms. The highest BCUT2D eigenvalue weighted by molar-refractivity contribution is 7.12. The third-order valence-electron chi connectivity index (χ3n) is 2.89. The molecular formula is C16H18O2S. The first-order chi connectivity index (χ1) is 9.11. The molecule has 0 atom stereocenters. The highest BCUT2D eigenvalue weighted by Crippen LogP contribution is 2.27. The van der Waals surface area contributed by atoms with Gasteiger partial charge in [0.1, 0.15) is 10.6 Å². The quantitative estimate of drug-likeness (QED) is 0.764. The highest BCUT2D eigenvalue weighted by atomic mass is 32.1. The fourth-order valence-corrected chi connectivity index (χ4v) is 2.89. The van der Waals surface area contributed by atoms with Crippen LogP contribution in [0.4, 0.5) is 0 Å². The van der Waals surface area contributed by atoms with E-state index in [1.807, 2.05) is 29.6 Å². The number of ether oxygens (including phenoxy) is 1. The van der Waals surface area contributed by atoms with Gasteiger partial charge in [-0.05, 0) is 35.4 Å². The maximum absolute atomic E-state index is 12.5. The Morgan fingerprint density at radius 2 is 2.11 bits per heavy atom. The molecule has 0 aliphatic rings. The van der Waals surface area contributed by atoms with Crippen molar-refractivity contribution in [2.75, 3.05) is 7.11 Å². The SMILES string of the molecule is COc1ccsc1C(=O)c1cccc(CC(C)C)c1. The molecule has 2 nitrogen and oxygen atoms in total. The second-order valence-corrected chi connectivity index (χ2v) is 5.86. The Balaban J connectivity index is 2.29. The zero-order valence-electron chi connectivity index (χ0n) is 11.5. The number of benzene rings is 1. The summed E-state index contributed by atoms with van der Waals surface area (Å²) in [5.41, 5.74) is 1.94. The number of ketones is 1. The average Bonchev–Trinajstić information content (AvgIpc) is 2.85. The molecule has 1 heterocycles. The van der Waals surface area contributed by atoms with Gasteiger partial charge in [-0.25, -0.2) is 0 Å². The van der Waals surface area contributed by atoms with Gasteiger partial charge in [-0.15, -0.1) is 11.3 Å². The Morgan fingerprint density at radius 3 is 2.79 bits per heavy atom. The molecular weight excluding hydrogens is 256 g/mol. The molecule has 0 aliphatic carbocycles. The number of hydrogen-bond acceptors (Lipinski definition) is 3. The molecule has 1 aromatic carbocycles. The molecule has 0 radical (unpaired) electrons. The van der Waals surface area contributed by atoms with E-state index < -0.39 is 0 Å². The van der Waals surface area contributed by atoms with Crippen molar-refractivity contribution < 1.29 is 9.53 Å². The van der Waals surface area contributed by atoms with Crippen molar-refractivity contribution in [2.45, 2.75) is 20.3 Å². The molecule has 0 saturated heterocycles. The van der Waals surface area contributed by atoms with Crippen LogP contribution in [0.1, 0.15) is 34.6 Å². The van der Waals surface area contributed by atoms with Crippen molar-refractivity contribution in [3.63, 3.8) is 0 Å². The fourth-order valence-electron chi connectivity index (χ4n) is 2.07. The molecule has 2 rings (SSSR count). The molecule has 0 aliphatic heterocycles. The maximum Gasteiger partial charge on any atom is 0.206 e. The summed E-state index contributed by atoms with van der Waals surface area (Å²) < 4.78 is 5.21. The lowest BCUT2D eigenvalue weighted by molar-refractivity contribution is 0.104.